The number of benzene rings is 2. The van der Waals surface area contributed by atoms with Crippen LogP contribution < -0.4 is 20.5 Å². The number of nitrogen functional groups attached to an aromatic ring is 1. The quantitative estimate of drug-likeness (QED) is 0.630. The second kappa shape index (κ2) is 7.63. The molecule has 29 heavy (non-hydrogen) atoms. The van der Waals surface area contributed by atoms with Crippen molar-refractivity contribution in [2.24, 2.45) is 0 Å². The molecule has 0 bridgehead atoms. The van der Waals surface area contributed by atoms with Crippen LogP contribution in [0.3, 0.4) is 0 Å². The summed E-state index contributed by atoms with van der Waals surface area (Å²) in [5, 5.41) is 2.09. The number of nitrogens with zero attached hydrogens (tertiary/aromatic N) is 2. The number of hydrogen-bond acceptors (Lipinski definition) is 7. The normalized spacial score (nSPS) is 11.6. The molecule has 2 aromatic carbocycles. The van der Waals surface area contributed by atoms with Crippen molar-refractivity contribution in [2.45, 2.75) is 19.1 Å². The van der Waals surface area contributed by atoms with Crippen LogP contribution in [0.5, 0.6) is 11.5 Å². The van der Waals surface area contributed by atoms with Gasteiger partial charge in [0.05, 0.1) is 30.5 Å². The molecular formula is C19H22N4O5S. The minimum Gasteiger partial charge on any atom is -0.493 e. The molecule has 1 heterocycles. The summed E-state index contributed by atoms with van der Waals surface area (Å²) in [7, 11) is -0.671. The van der Waals surface area contributed by atoms with Crippen LogP contribution in [-0.2, 0) is 10.0 Å². The third-order valence-electron chi connectivity index (χ3n) is 4.39. The fourth-order valence-corrected chi connectivity index (χ4v) is 3.97. The summed E-state index contributed by atoms with van der Waals surface area (Å²) in [6.07, 6.45) is 0. The molecule has 9 nitrogen and oxygen atoms in total. The average Bonchev–Trinajstić information content (AvgIpc) is 3.02. The predicted octanol–water partition coefficient (Wildman–Crippen LogP) is 2.47. The van der Waals surface area contributed by atoms with Gasteiger partial charge in [-0.05, 0) is 50.2 Å². The van der Waals surface area contributed by atoms with Crippen LogP contribution in [-0.4, -0.2) is 42.8 Å². The Morgan fingerprint density at radius 3 is 2.41 bits per heavy atom. The van der Waals surface area contributed by atoms with E-state index in [1.807, 2.05) is 0 Å². The van der Waals surface area contributed by atoms with Gasteiger partial charge < -0.3 is 20.5 Å². The van der Waals surface area contributed by atoms with Crippen molar-refractivity contribution in [2.75, 3.05) is 25.3 Å². The van der Waals surface area contributed by atoms with E-state index < -0.39 is 15.3 Å². The summed E-state index contributed by atoms with van der Waals surface area (Å²) < 4.78 is 36.5. The fourth-order valence-electron chi connectivity index (χ4n) is 2.81. The minimum absolute atomic E-state index is 0.128. The molecule has 0 saturated heterocycles. The van der Waals surface area contributed by atoms with E-state index in [2.05, 4.69) is 10.3 Å². The topological polar surface area (TPSA) is 126 Å². The van der Waals surface area contributed by atoms with Crippen LogP contribution in [0.25, 0.3) is 11.0 Å². The molecule has 1 aromatic heterocycles. The average molecular weight is 418 g/mol. The summed E-state index contributed by atoms with van der Waals surface area (Å²) in [6.45, 7) is 3.14. The van der Waals surface area contributed by atoms with Crippen molar-refractivity contribution >= 4 is 38.6 Å². The van der Waals surface area contributed by atoms with Gasteiger partial charge in [-0.15, -0.1) is 0 Å². The first kappa shape index (κ1) is 20.5. The first-order valence-electron chi connectivity index (χ1n) is 8.74. The number of nitrogens with two attached hydrogens (primary N) is 1. The standard InChI is InChI=1S/C19H22N4O5S/c1-11(2)29(25,26)23-15-7-6-13(10-14(15)22-19(23)20)21-18(24)12-5-8-16(27-3)17(9-12)28-4/h5-11H,1-4H3,(H2,20,22)(H,21,24). The Morgan fingerprint density at radius 2 is 1.79 bits per heavy atom. The van der Waals surface area contributed by atoms with E-state index in [9.17, 15) is 13.2 Å². The summed E-state index contributed by atoms with van der Waals surface area (Å²) in [5.74, 6) is 0.448. The van der Waals surface area contributed by atoms with Crippen LogP contribution in [0, 0.1) is 0 Å². The van der Waals surface area contributed by atoms with Gasteiger partial charge in [0.25, 0.3) is 5.91 Å². The molecule has 0 unspecified atom stereocenters. The van der Waals surface area contributed by atoms with Crippen LogP contribution >= 0.6 is 0 Å². The van der Waals surface area contributed by atoms with E-state index in [-0.39, 0.29) is 11.9 Å². The van der Waals surface area contributed by atoms with Crippen molar-refractivity contribution in [1.29, 1.82) is 0 Å². The number of anilines is 2. The largest absolute Gasteiger partial charge is 0.493 e. The molecule has 0 saturated carbocycles. The van der Waals surface area contributed by atoms with E-state index >= 15 is 0 Å². The van der Waals surface area contributed by atoms with Gasteiger partial charge in [0.15, 0.2) is 11.5 Å². The van der Waals surface area contributed by atoms with Crippen molar-refractivity contribution in [3.05, 3.63) is 42.0 Å². The van der Waals surface area contributed by atoms with E-state index in [1.165, 1.54) is 14.2 Å². The minimum atomic E-state index is -3.67. The van der Waals surface area contributed by atoms with Crippen molar-refractivity contribution in [3.8, 4) is 11.5 Å². The number of aromatic nitrogens is 2. The summed E-state index contributed by atoms with van der Waals surface area (Å²) in [4.78, 5) is 16.7. The second-order valence-electron chi connectivity index (χ2n) is 6.56. The molecule has 0 radical (unpaired) electrons. The highest BCUT2D eigenvalue weighted by atomic mass is 32.2. The fraction of sp³-hybridized carbons (Fsp3) is 0.263. The molecule has 0 aliphatic rings. The zero-order valence-electron chi connectivity index (χ0n) is 16.5. The number of amides is 1. The van der Waals surface area contributed by atoms with Gasteiger partial charge in [-0.2, -0.15) is 0 Å². The lowest BCUT2D eigenvalue weighted by Gasteiger charge is -2.11. The Kier molecular flexibility index (Phi) is 5.38. The Balaban J connectivity index is 1.93. The Hall–Kier alpha value is -3.27. The Morgan fingerprint density at radius 1 is 1.10 bits per heavy atom. The zero-order valence-corrected chi connectivity index (χ0v) is 17.3. The zero-order chi connectivity index (χ0) is 21.3. The van der Waals surface area contributed by atoms with E-state index in [4.69, 9.17) is 15.2 Å². The molecule has 3 rings (SSSR count). The van der Waals surface area contributed by atoms with Crippen molar-refractivity contribution < 1.29 is 22.7 Å². The SMILES string of the molecule is COc1ccc(C(=O)Nc2ccc3c(c2)nc(N)n3S(=O)(=O)C(C)C)cc1OC. The second-order valence-corrected chi connectivity index (χ2v) is 8.89. The van der Waals surface area contributed by atoms with Crippen LogP contribution in [0.4, 0.5) is 11.6 Å². The highest BCUT2D eigenvalue weighted by molar-refractivity contribution is 7.90. The molecular weight excluding hydrogens is 396 g/mol. The number of hydrogen-bond donors (Lipinski definition) is 2. The summed E-state index contributed by atoms with van der Waals surface area (Å²) in [6, 6.07) is 9.52. The van der Waals surface area contributed by atoms with Crippen molar-refractivity contribution in [3.63, 3.8) is 0 Å². The number of ether oxygens (including phenoxy) is 2. The maximum atomic E-state index is 12.6. The Bertz CT molecular complexity index is 1180. The molecule has 0 aliphatic carbocycles. The Labute approximate surface area is 168 Å². The first-order chi connectivity index (χ1) is 13.7. The molecule has 3 aromatic rings. The van der Waals surface area contributed by atoms with Gasteiger partial charge in [-0.25, -0.2) is 17.4 Å². The van der Waals surface area contributed by atoms with Gasteiger partial charge in [-0.1, -0.05) is 0 Å². The number of methoxy groups -OCH3 is 2. The third-order valence-corrected chi connectivity index (χ3v) is 6.48. The number of imidazole rings is 1. The maximum absolute atomic E-state index is 12.6. The van der Waals surface area contributed by atoms with Gasteiger partial charge in [0, 0.05) is 11.3 Å². The molecule has 1 amide bonds. The molecule has 0 aliphatic heterocycles. The van der Waals surface area contributed by atoms with E-state index in [0.29, 0.717) is 33.8 Å². The number of nitrogens with one attached hydrogen (secondary N) is 1. The van der Waals surface area contributed by atoms with Crippen molar-refractivity contribution in [1.82, 2.24) is 8.96 Å². The monoisotopic (exact) mass is 418 g/mol. The maximum Gasteiger partial charge on any atom is 0.255 e. The molecule has 10 heteroatoms. The number of carbonyl (C=O) groups is 1. The highest BCUT2D eigenvalue weighted by Gasteiger charge is 2.24. The predicted molar refractivity (Wildman–Crippen MR) is 111 cm³/mol. The first-order valence-corrected chi connectivity index (χ1v) is 10.2. The molecule has 0 spiro atoms. The molecule has 154 valence electrons. The van der Waals surface area contributed by atoms with Gasteiger partial charge in [0.1, 0.15) is 0 Å². The summed E-state index contributed by atoms with van der Waals surface area (Å²) in [5.41, 5.74) is 7.36. The highest BCUT2D eigenvalue weighted by Crippen LogP contribution is 2.29. The molecule has 0 atom stereocenters. The van der Waals surface area contributed by atoms with E-state index in [0.717, 1.165) is 3.97 Å². The molecule has 3 N–H and O–H groups in total. The number of fused-ring (bicyclic) bond motifs is 1. The summed E-state index contributed by atoms with van der Waals surface area (Å²) >= 11 is 0. The lowest BCUT2D eigenvalue weighted by atomic mass is 10.1. The van der Waals surface area contributed by atoms with Gasteiger partial charge >= 0.3 is 0 Å². The number of rotatable bonds is 6. The van der Waals surface area contributed by atoms with Gasteiger partial charge in [-0.3, -0.25) is 4.79 Å². The third kappa shape index (κ3) is 3.70. The van der Waals surface area contributed by atoms with Crippen LogP contribution in [0.1, 0.15) is 24.2 Å². The molecule has 0 fully saturated rings. The van der Waals surface area contributed by atoms with Crippen LogP contribution in [0.15, 0.2) is 36.4 Å². The number of carbonyl (C=O) groups excluding carboxylic acids is 1. The van der Waals surface area contributed by atoms with E-state index in [1.54, 1.807) is 50.2 Å². The lowest BCUT2D eigenvalue weighted by Crippen LogP contribution is -2.23. The van der Waals surface area contributed by atoms with Crippen LogP contribution in [0.2, 0.25) is 0 Å². The van der Waals surface area contributed by atoms with Gasteiger partial charge in [0.2, 0.25) is 16.0 Å². The smallest absolute Gasteiger partial charge is 0.255 e. The lowest BCUT2D eigenvalue weighted by molar-refractivity contribution is 0.102.